The first-order chi connectivity index (χ1) is 8.75. The molecule has 0 bridgehead atoms. The van der Waals surface area contributed by atoms with Gasteiger partial charge in [0.15, 0.2) is 0 Å². The van der Waals surface area contributed by atoms with E-state index in [1.165, 1.54) is 18.9 Å². The number of benzene rings is 1. The zero-order chi connectivity index (χ0) is 12.8. The number of hydrogen-bond donors (Lipinski definition) is 1. The molecule has 0 amide bonds. The highest BCUT2D eigenvalue weighted by Crippen LogP contribution is 2.28. The molecule has 1 N–H and O–H groups in total. The van der Waals surface area contributed by atoms with Crippen molar-refractivity contribution in [3.05, 3.63) is 34.1 Å². The SMILES string of the molecule is Fc1cc(Br)ccc1CNCCCOCC1CC1. The summed E-state index contributed by atoms with van der Waals surface area (Å²) in [6.07, 6.45) is 3.65. The summed E-state index contributed by atoms with van der Waals surface area (Å²) in [5.41, 5.74) is 0.706. The third kappa shape index (κ3) is 5.04. The molecule has 2 nitrogen and oxygen atoms in total. The molecular weight excluding hydrogens is 297 g/mol. The van der Waals surface area contributed by atoms with Gasteiger partial charge in [-0.15, -0.1) is 0 Å². The van der Waals surface area contributed by atoms with Gasteiger partial charge in [0, 0.05) is 29.8 Å². The van der Waals surface area contributed by atoms with E-state index >= 15 is 0 Å². The maximum Gasteiger partial charge on any atom is 0.128 e. The predicted octanol–water partition coefficient (Wildman–Crippen LogP) is 3.49. The van der Waals surface area contributed by atoms with Gasteiger partial charge in [-0.1, -0.05) is 22.0 Å². The maximum atomic E-state index is 13.5. The van der Waals surface area contributed by atoms with Crippen LogP contribution in [0.1, 0.15) is 24.8 Å². The number of rotatable bonds is 8. The predicted molar refractivity (Wildman–Crippen MR) is 74.0 cm³/mol. The summed E-state index contributed by atoms with van der Waals surface area (Å²) in [6, 6.07) is 5.16. The lowest BCUT2D eigenvalue weighted by Crippen LogP contribution is -2.17. The molecule has 4 heteroatoms. The van der Waals surface area contributed by atoms with Crippen LogP contribution in [0.2, 0.25) is 0 Å². The second-order valence-electron chi connectivity index (χ2n) is 4.78. The van der Waals surface area contributed by atoms with Gasteiger partial charge in [0.05, 0.1) is 0 Å². The van der Waals surface area contributed by atoms with Gasteiger partial charge >= 0.3 is 0 Å². The summed E-state index contributed by atoms with van der Waals surface area (Å²) in [7, 11) is 0. The fourth-order valence-corrected chi connectivity index (χ4v) is 2.06. The molecule has 1 aliphatic rings. The van der Waals surface area contributed by atoms with Crippen molar-refractivity contribution in [1.29, 1.82) is 0 Å². The molecule has 0 heterocycles. The van der Waals surface area contributed by atoms with E-state index in [-0.39, 0.29) is 5.82 Å². The zero-order valence-corrected chi connectivity index (χ0v) is 12.0. The number of halogens is 2. The van der Waals surface area contributed by atoms with Crippen LogP contribution in [-0.2, 0) is 11.3 Å². The Balaban J connectivity index is 1.53. The molecular formula is C14H19BrFNO. The number of hydrogen-bond acceptors (Lipinski definition) is 2. The van der Waals surface area contributed by atoms with E-state index in [1.54, 1.807) is 6.07 Å². The van der Waals surface area contributed by atoms with Crippen LogP contribution >= 0.6 is 15.9 Å². The molecule has 0 atom stereocenters. The van der Waals surface area contributed by atoms with Crippen LogP contribution in [0, 0.1) is 11.7 Å². The van der Waals surface area contributed by atoms with E-state index in [0.717, 1.165) is 36.6 Å². The summed E-state index contributed by atoms with van der Waals surface area (Å²) in [5, 5.41) is 3.23. The quantitative estimate of drug-likeness (QED) is 0.741. The summed E-state index contributed by atoms with van der Waals surface area (Å²) in [6.45, 7) is 3.15. The van der Waals surface area contributed by atoms with Gasteiger partial charge in [-0.2, -0.15) is 0 Å². The van der Waals surface area contributed by atoms with Crippen molar-refractivity contribution in [3.63, 3.8) is 0 Å². The Hall–Kier alpha value is -0.450. The largest absolute Gasteiger partial charge is 0.381 e. The molecule has 0 spiro atoms. The average Bonchev–Trinajstić information content (AvgIpc) is 3.14. The monoisotopic (exact) mass is 315 g/mol. The highest BCUT2D eigenvalue weighted by Gasteiger charge is 2.20. The Morgan fingerprint density at radius 2 is 2.22 bits per heavy atom. The smallest absolute Gasteiger partial charge is 0.128 e. The van der Waals surface area contributed by atoms with Crippen molar-refractivity contribution in [3.8, 4) is 0 Å². The van der Waals surface area contributed by atoms with Crippen molar-refractivity contribution in [1.82, 2.24) is 5.32 Å². The minimum atomic E-state index is -0.165. The maximum absolute atomic E-state index is 13.5. The van der Waals surface area contributed by atoms with E-state index in [0.29, 0.717) is 12.1 Å². The fraction of sp³-hybridized carbons (Fsp3) is 0.571. The van der Waals surface area contributed by atoms with Crippen molar-refractivity contribution >= 4 is 15.9 Å². The second-order valence-corrected chi connectivity index (χ2v) is 5.70. The van der Waals surface area contributed by atoms with Crippen LogP contribution in [0.5, 0.6) is 0 Å². The van der Waals surface area contributed by atoms with E-state index in [9.17, 15) is 4.39 Å². The molecule has 1 aromatic rings. The summed E-state index contributed by atoms with van der Waals surface area (Å²) in [4.78, 5) is 0. The molecule has 0 aromatic heterocycles. The molecule has 1 saturated carbocycles. The third-order valence-electron chi connectivity index (χ3n) is 3.02. The number of nitrogens with one attached hydrogen (secondary N) is 1. The van der Waals surface area contributed by atoms with E-state index in [4.69, 9.17) is 4.74 Å². The van der Waals surface area contributed by atoms with Crippen molar-refractivity contribution in [2.45, 2.75) is 25.8 Å². The van der Waals surface area contributed by atoms with Crippen LogP contribution in [0.3, 0.4) is 0 Å². The lowest BCUT2D eigenvalue weighted by Gasteiger charge is -2.07. The van der Waals surface area contributed by atoms with Crippen molar-refractivity contribution in [2.24, 2.45) is 5.92 Å². The molecule has 0 aliphatic heterocycles. The van der Waals surface area contributed by atoms with Gasteiger partial charge in [0.25, 0.3) is 0 Å². The van der Waals surface area contributed by atoms with E-state index in [2.05, 4.69) is 21.2 Å². The highest BCUT2D eigenvalue weighted by atomic mass is 79.9. The highest BCUT2D eigenvalue weighted by molar-refractivity contribution is 9.10. The van der Waals surface area contributed by atoms with Crippen LogP contribution < -0.4 is 5.32 Å². The topological polar surface area (TPSA) is 21.3 Å². The Kier molecular flexibility index (Phi) is 5.60. The Morgan fingerprint density at radius 3 is 2.94 bits per heavy atom. The molecule has 100 valence electrons. The first kappa shape index (κ1) is 14.0. The zero-order valence-electron chi connectivity index (χ0n) is 10.4. The Morgan fingerprint density at radius 1 is 1.39 bits per heavy atom. The molecule has 18 heavy (non-hydrogen) atoms. The van der Waals surface area contributed by atoms with Crippen molar-refractivity contribution in [2.75, 3.05) is 19.8 Å². The molecule has 1 aliphatic carbocycles. The van der Waals surface area contributed by atoms with Gasteiger partial charge < -0.3 is 10.1 Å². The molecule has 0 radical (unpaired) electrons. The normalized spacial score (nSPS) is 15.0. The van der Waals surface area contributed by atoms with Gasteiger partial charge in [0.2, 0.25) is 0 Å². The first-order valence-corrected chi connectivity index (χ1v) is 7.27. The van der Waals surface area contributed by atoms with Gasteiger partial charge in [-0.3, -0.25) is 0 Å². The van der Waals surface area contributed by atoms with Gasteiger partial charge in [-0.05, 0) is 43.9 Å². The molecule has 2 rings (SSSR count). The minimum absolute atomic E-state index is 0.165. The second kappa shape index (κ2) is 7.22. The number of ether oxygens (including phenoxy) is 1. The molecule has 1 aromatic carbocycles. The molecule has 0 saturated heterocycles. The van der Waals surface area contributed by atoms with E-state index < -0.39 is 0 Å². The van der Waals surface area contributed by atoms with Crippen LogP contribution in [0.25, 0.3) is 0 Å². The lowest BCUT2D eigenvalue weighted by molar-refractivity contribution is 0.122. The third-order valence-corrected chi connectivity index (χ3v) is 3.52. The fourth-order valence-electron chi connectivity index (χ4n) is 1.72. The van der Waals surface area contributed by atoms with Crippen LogP contribution in [0.4, 0.5) is 4.39 Å². The lowest BCUT2D eigenvalue weighted by atomic mass is 10.2. The van der Waals surface area contributed by atoms with Crippen LogP contribution in [0.15, 0.2) is 22.7 Å². The van der Waals surface area contributed by atoms with Crippen LogP contribution in [-0.4, -0.2) is 19.8 Å². The first-order valence-electron chi connectivity index (χ1n) is 6.48. The Labute approximate surface area is 116 Å². The molecule has 0 unspecified atom stereocenters. The van der Waals surface area contributed by atoms with Gasteiger partial charge in [-0.25, -0.2) is 4.39 Å². The minimum Gasteiger partial charge on any atom is -0.381 e. The summed E-state index contributed by atoms with van der Waals surface area (Å²) >= 11 is 3.25. The standard InChI is InChI=1S/C14H19BrFNO/c15-13-5-4-12(14(16)8-13)9-17-6-1-7-18-10-11-2-3-11/h4-5,8,11,17H,1-3,6-7,9-10H2. The summed E-state index contributed by atoms with van der Waals surface area (Å²) in [5.74, 6) is 0.664. The average molecular weight is 316 g/mol. The van der Waals surface area contributed by atoms with Gasteiger partial charge in [0.1, 0.15) is 5.82 Å². The van der Waals surface area contributed by atoms with E-state index in [1.807, 2.05) is 6.07 Å². The molecule has 1 fully saturated rings. The van der Waals surface area contributed by atoms with Crippen molar-refractivity contribution < 1.29 is 9.13 Å². The Bertz CT molecular complexity index is 382. The summed E-state index contributed by atoms with van der Waals surface area (Å²) < 4.78 is 19.8.